The molecule has 0 radical (unpaired) electrons. The van der Waals surface area contributed by atoms with E-state index in [4.69, 9.17) is 0 Å². The van der Waals surface area contributed by atoms with E-state index in [1.807, 2.05) is 7.05 Å². The van der Waals surface area contributed by atoms with Gasteiger partial charge in [-0.05, 0) is 45.0 Å². The highest BCUT2D eigenvalue weighted by Crippen LogP contribution is 2.32. The summed E-state index contributed by atoms with van der Waals surface area (Å²) >= 11 is 0. The largest absolute Gasteiger partial charge is 0.384 e. The number of carbonyl (C=O) groups is 4. The van der Waals surface area contributed by atoms with Crippen LogP contribution in [0.3, 0.4) is 0 Å². The number of piperidine rings is 1. The van der Waals surface area contributed by atoms with Crippen LogP contribution >= 0.6 is 0 Å². The molecule has 2 aliphatic heterocycles. The molecule has 1 atom stereocenters. The van der Waals surface area contributed by atoms with Gasteiger partial charge in [0.05, 0.1) is 11.1 Å². The molecule has 150 valence electrons. The van der Waals surface area contributed by atoms with Crippen molar-refractivity contribution in [2.24, 2.45) is 0 Å². The van der Waals surface area contributed by atoms with Crippen LogP contribution in [0.4, 0.5) is 5.69 Å². The molecule has 1 aromatic carbocycles. The minimum atomic E-state index is -0.940. The van der Waals surface area contributed by atoms with Crippen molar-refractivity contribution in [2.45, 2.75) is 44.6 Å². The van der Waals surface area contributed by atoms with Gasteiger partial charge in [0.1, 0.15) is 6.04 Å². The molecular weight excluding hydrogens is 360 g/mol. The fourth-order valence-electron chi connectivity index (χ4n) is 3.67. The number of rotatable bonds is 9. The first-order chi connectivity index (χ1) is 13.5. The molecule has 28 heavy (non-hydrogen) atoms. The van der Waals surface area contributed by atoms with E-state index in [9.17, 15) is 19.2 Å². The second kappa shape index (κ2) is 8.97. The first kappa shape index (κ1) is 20.0. The van der Waals surface area contributed by atoms with E-state index in [1.165, 1.54) is 0 Å². The molecule has 0 spiro atoms. The predicted molar refractivity (Wildman–Crippen MR) is 104 cm³/mol. The Kier molecular flexibility index (Phi) is 6.41. The number of benzene rings is 1. The molecule has 0 saturated carbocycles. The first-order valence-electron chi connectivity index (χ1n) is 9.77. The summed E-state index contributed by atoms with van der Waals surface area (Å²) in [7, 11) is 1.94. The van der Waals surface area contributed by atoms with Gasteiger partial charge >= 0.3 is 0 Å². The van der Waals surface area contributed by atoms with E-state index in [0.29, 0.717) is 23.4 Å². The zero-order valence-corrected chi connectivity index (χ0v) is 16.0. The van der Waals surface area contributed by atoms with E-state index in [-0.39, 0.29) is 18.7 Å². The number of nitrogens with zero attached hydrogens (tertiary/aromatic N) is 1. The molecular formula is C20H26N4O4. The number of hydrogen-bond donors (Lipinski definition) is 3. The minimum Gasteiger partial charge on any atom is -0.384 e. The van der Waals surface area contributed by atoms with Crippen molar-refractivity contribution in [1.29, 1.82) is 0 Å². The number of imide groups is 2. The van der Waals surface area contributed by atoms with E-state index in [1.54, 1.807) is 18.2 Å². The lowest BCUT2D eigenvalue weighted by molar-refractivity contribution is -0.136. The quantitative estimate of drug-likeness (QED) is 0.436. The normalized spacial score (nSPS) is 19.0. The van der Waals surface area contributed by atoms with Crippen LogP contribution in [0.2, 0.25) is 0 Å². The lowest BCUT2D eigenvalue weighted by Gasteiger charge is -2.27. The standard InChI is InChI=1S/C20H26N4O4/c1-21-11-4-2-3-5-12-22-14-8-6-7-13-17(14)20(28)24(19(13)27)15-9-10-16(25)23-18(15)26/h6-8,15,21-22H,2-5,9-12H2,1H3,(H,23,25,26). The third kappa shape index (κ3) is 4.06. The smallest absolute Gasteiger partial charge is 0.264 e. The highest BCUT2D eigenvalue weighted by molar-refractivity contribution is 6.25. The molecule has 1 unspecified atom stereocenters. The van der Waals surface area contributed by atoms with Crippen LogP contribution in [-0.2, 0) is 9.59 Å². The van der Waals surface area contributed by atoms with Crippen LogP contribution in [0, 0.1) is 0 Å². The van der Waals surface area contributed by atoms with Crippen LogP contribution in [-0.4, -0.2) is 54.7 Å². The van der Waals surface area contributed by atoms with Crippen molar-refractivity contribution in [3.63, 3.8) is 0 Å². The molecule has 2 aliphatic rings. The summed E-state index contributed by atoms with van der Waals surface area (Å²) < 4.78 is 0. The van der Waals surface area contributed by atoms with Gasteiger partial charge in [-0.2, -0.15) is 0 Å². The Morgan fingerprint density at radius 1 is 1.04 bits per heavy atom. The molecule has 3 N–H and O–H groups in total. The number of carbonyl (C=O) groups excluding carboxylic acids is 4. The fourth-order valence-corrected chi connectivity index (χ4v) is 3.67. The third-order valence-electron chi connectivity index (χ3n) is 5.14. The van der Waals surface area contributed by atoms with Gasteiger partial charge in [0, 0.05) is 18.7 Å². The first-order valence-corrected chi connectivity index (χ1v) is 9.77. The van der Waals surface area contributed by atoms with Crippen LogP contribution < -0.4 is 16.0 Å². The van der Waals surface area contributed by atoms with E-state index in [0.717, 1.165) is 37.1 Å². The molecule has 1 fully saturated rings. The van der Waals surface area contributed by atoms with Crippen molar-refractivity contribution >= 4 is 29.3 Å². The molecule has 3 rings (SSSR count). The van der Waals surface area contributed by atoms with Crippen molar-refractivity contribution in [3.8, 4) is 0 Å². The second-order valence-electron chi connectivity index (χ2n) is 7.12. The zero-order valence-electron chi connectivity index (χ0n) is 16.0. The summed E-state index contributed by atoms with van der Waals surface area (Å²) in [5, 5.41) is 8.59. The Hall–Kier alpha value is -2.74. The van der Waals surface area contributed by atoms with Crippen LogP contribution in [0.25, 0.3) is 0 Å². The minimum absolute atomic E-state index is 0.114. The maximum atomic E-state index is 13.0. The van der Waals surface area contributed by atoms with E-state index in [2.05, 4.69) is 16.0 Å². The molecule has 8 nitrogen and oxygen atoms in total. The molecule has 4 amide bonds. The second-order valence-corrected chi connectivity index (χ2v) is 7.12. The maximum Gasteiger partial charge on any atom is 0.264 e. The number of unbranched alkanes of at least 4 members (excludes halogenated alkanes) is 3. The molecule has 8 heteroatoms. The summed E-state index contributed by atoms with van der Waals surface area (Å²) in [4.78, 5) is 50.2. The summed E-state index contributed by atoms with van der Waals surface area (Å²) in [6.45, 7) is 1.71. The van der Waals surface area contributed by atoms with Crippen LogP contribution in [0.1, 0.15) is 59.2 Å². The van der Waals surface area contributed by atoms with Crippen LogP contribution in [0.5, 0.6) is 0 Å². The average Bonchev–Trinajstić information content (AvgIpc) is 2.93. The molecule has 1 saturated heterocycles. The molecule has 2 heterocycles. The molecule has 1 aromatic rings. The molecule has 0 bridgehead atoms. The van der Waals surface area contributed by atoms with Crippen molar-refractivity contribution in [2.75, 3.05) is 25.5 Å². The molecule has 0 aliphatic carbocycles. The van der Waals surface area contributed by atoms with Gasteiger partial charge < -0.3 is 10.6 Å². The number of hydrogen-bond acceptors (Lipinski definition) is 6. The lowest BCUT2D eigenvalue weighted by atomic mass is 10.0. The summed E-state index contributed by atoms with van der Waals surface area (Å²) in [6, 6.07) is 4.17. The van der Waals surface area contributed by atoms with Gasteiger partial charge in [0.25, 0.3) is 11.8 Å². The van der Waals surface area contributed by atoms with Gasteiger partial charge in [0.2, 0.25) is 11.8 Å². The molecule has 0 aromatic heterocycles. The SMILES string of the molecule is CNCCCCCCNc1cccc2c1C(=O)N(C1CCC(=O)NC1=O)C2=O. The predicted octanol–water partition coefficient (Wildman–Crippen LogP) is 1.28. The van der Waals surface area contributed by atoms with Gasteiger partial charge in [-0.15, -0.1) is 0 Å². The Bertz CT molecular complexity index is 792. The maximum absolute atomic E-state index is 13.0. The Morgan fingerprint density at radius 3 is 2.50 bits per heavy atom. The van der Waals surface area contributed by atoms with Gasteiger partial charge in [-0.1, -0.05) is 18.9 Å². The van der Waals surface area contributed by atoms with Gasteiger partial charge in [-0.25, -0.2) is 0 Å². The van der Waals surface area contributed by atoms with Crippen molar-refractivity contribution in [3.05, 3.63) is 29.3 Å². The lowest BCUT2D eigenvalue weighted by Crippen LogP contribution is -2.54. The van der Waals surface area contributed by atoms with Crippen LogP contribution in [0.15, 0.2) is 18.2 Å². The summed E-state index contributed by atoms with van der Waals surface area (Å²) in [5.74, 6) is -1.94. The number of anilines is 1. The highest BCUT2D eigenvalue weighted by atomic mass is 16.2. The fraction of sp³-hybridized carbons (Fsp3) is 0.500. The summed E-state index contributed by atoms with van der Waals surface area (Å²) in [6.07, 6.45) is 4.58. The van der Waals surface area contributed by atoms with E-state index >= 15 is 0 Å². The topological polar surface area (TPSA) is 108 Å². The van der Waals surface area contributed by atoms with Gasteiger partial charge in [0.15, 0.2) is 0 Å². The Morgan fingerprint density at radius 2 is 1.79 bits per heavy atom. The summed E-state index contributed by atoms with van der Waals surface area (Å²) in [5.41, 5.74) is 1.22. The monoisotopic (exact) mass is 386 g/mol. The number of fused-ring (bicyclic) bond motifs is 1. The highest BCUT2D eigenvalue weighted by Gasteiger charge is 2.45. The Labute approximate surface area is 164 Å². The number of nitrogens with one attached hydrogen (secondary N) is 3. The van der Waals surface area contributed by atoms with Crippen molar-refractivity contribution in [1.82, 2.24) is 15.5 Å². The van der Waals surface area contributed by atoms with Crippen molar-refractivity contribution < 1.29 is 19.2 Å². The Balaban J connectivity index is 1.66. The zero-order chi connectivity index (χ0) is 20.1. The van der Waals surface area contributed by atoms with E-state index < -0.39 is 23.8 Å². The average molecular weight is 386 g/mol. The number of amides is 4. The van der Waals surface area contributed by atoms with Gasteiger partial charge in [-0.3, -0.25) is 29.4 Å². The third-order valence-corrected chi connectivity index (χ3v) is 5.14.